The first-order valence-corrected chi connectivity index (χ1v) is 11.2. The maximum Gasteiger partial charge on any atom is 0.269 e. The van der Waals surface area contributed by atoms with E-state index in [-0.39, 0.29) is 24.4 Å². The Morgan fingerprint density at radius 1 is 1.20 bits per heavy atom. The van der Waals surface area contributed by atoms with Gasteiger partial charge >= 0.3 is 0 Å². The van der Waals surface area contributed by atoms with Crippen molar-refractivity contribution in [2.24, 2.45) is 11.8 Å². The SMILES string of the molecule is COCCN1C(=O)[C@@H]2[C@H]([C@H](O)c3ccc(Cl)cc3)N[C@]3(C(=O)Nc4ccc([N+](=O)[O-])cc43)[C@@H]2C1=O. The number of likely N-dealkylation sites (tertiary alicyclic amines) is 1. The van der Waals surface area contributed by atoms with Crippen LogP contribution in [0.3, 0.4) is 0 Å². The van der Waals surface area contributed by atoms with Crippen molar-refractivity contribution in [1.29, 1.82) is 0 Å². The highest BCUT2D eigenvalue weighted by Crippen LogP contribution is 2.55. The summed E-state index contributed by atoms with van der Waals surface area (Å²) in [5.41, 5.74) is -1.14. The van der Waals surface area contributed by atoms with Gasteiger partial charge in [0.1, 0.15) is 5.54 Å². The minimum Gasteiger partial charge on any atom is -0.387 e. The Kier molecular flexibility index (Phi) is 5.59. The number of ether oxygens (including phenoxy) is 1. The van der Waals surface area contributed by atoms with E-state index in [1.807, 2.05) is 0 Å². The molecule has 5 atom stereocenters. The lowest BCUT2D eigenvalue weighted by Gasteiger charge is -2.30. The Hall–Kier alpha value is -3.38. The van der Waals surface area contributed by atoms with Crippen molar-refractivity contribution in [3.63, 3.8) is 0 Å². The van der Waals surface area contributed by atoms with E-state index in [9.17, 15) is 29.6 Å². The van der Waals surface area contributed by atoms with Crippen LogP contribution in [-0.4, -0.2) is 59.0 Å². The molecule has 3 aliphatic rings. The van der Waals surface area contributed by atoms with Gasteiger partial charge in [-0.05, 0) is 23.8 Å². The van der Waals surface area contributed by atoms with Crippen molar-refractivity contribution < 1.29 is 29.2 Å². The molecule has 1 spiro atoms. The van der Waals surface area contributed by atoms with Gasteiger partial charge in [0.05, 0.1) is 42.1 Å². The van der Waals surface area contributed by atoms with Crippen molar-refractivity contribution >= 4 is 40.7 Å². The average molecular weight is 501 g/mol. The fraction of sp³-hybridized carbons (Fsp3) is 0.348. The Balaban J connectivity index is 1.66. The van der Waals surface area contributed by atoms with E-state index in [1.165, 1.54) is 25.3 Å². The summed E-state index contributed by atoms with van der Waals surface area (Å²) in [5.74, 6) is -4.09. The lowest BCUT2D eigenvalue weighted by Crippen LogP contribution is -2.54. The summed E-state index contributed by atoms with van der Waals surface area (Å²) in [7, 11) is 1.43. The molecule has 2 saturated heterocycles. The minimum absolute atomic E-state index is 0.0234. The molecule has 0 unspecified atom stereocenters. The molecule has 3 N–H and O–H groups in total. The number of carbonyl (C=O) groups is 3. The molecule has 5 rings (SSSR count). The van der Waals surface area contributed by atoms with Crippen molar-refractivity contribution in [3.8, 4) is 0 Å². The van der Waals surface area contributed by atoms with Gasteiger partial charge in [-0.25, -0.2) is 0 Å². The zero-order valence-electron chi connectivity index (χ0n) is 18.4. The third kappa shape index (κ3) is 3.34. The topological polar surface area (TPSA) is 151 Å². The number of hydrogen-bond acceptors (Lipinski definition) is 8. The number of aliphatic hydroxyl groups excluding tert-OH is 1. The highest BCUT2D eigenvalue weighted by Gasteiger charge is 2.71. The molecule has 3 heterocycles. The standard InChI is InChI=1S/C23H21ClN4O7/c1-35-9-8-27-20(30)16-17(21(27)31)23(26-18(16)19(29)11-2-4-12(24)5-3-11)14-10-13(28(33)34)6-7-15(14)25-22(23)32/h2-7,10,16-19,26,29H,8-9H2,1H3,(H,25,32)/t16-,17-,18+,19+,23-/m0/s1. The summed E-state index contributed by atoms with van der Waals surface area (Å²) >= 11 is 5.97. The number of methoxy groups -OCH3 is 1. The molecule has 0 radical (unpaired) electrons. The van der Waals surface area contributed by atoms with Crippen molar-refractivity contribution in [2.45, 2.75) is 17.7 Å². The fourth-order valence-corrected chi connectivity index (χ4v) is 5.56. The zero-order valence-corrected chi connectivity index (χ0v) is 19.2. The summed E-state index contributed by atoms with van der Waals surface area (Å²) in [6.07, 6.45) is -1.28. The number of halogens is 1. The van der Waals surface area contributed by atoms with Crippen LogP contribution in [0, 0.1) is 22.0 Å². The first-order valence-electron chi connectivity index (χ1n) is 10.9. The first kappa shape index (κ1) is 23.4. The molecule has 2 fully saturated rings. The molecule has 12 heteroatoms. The number of non-ortho nitro benzene ring substituents is 1. The van der Waals surface area contributed by atoms with Crippen molar-refractivity contribution in [3.05, 3.63) is 68.7 Å². The predicted molar refractivity (Wildman–Crippen MR) is 122 cm³/mol. The van der Waals surface area contributed by atoms with Crippen LogP contribution in [0.4, 0.5) is 11.4 Å². The highest BCUT2D eigenvalue weighted by atomic mass is 35.5. The number of nitrogens with zero attached hydrogens (tertiary/aromatic N) is 2. The smallest absolute Gasteiger partial charge is 0.269 e. The van der Waals surface area contributed by atoms with Gasteiger partial charge in [-0.3, -0.25) is 34.7 Å². The summed E-state index contributed by atoms with van der Waals surface area (Å²) < 4.78 is 5.04. The van der Waals surface area contributed by atoms with Crippen LogP contribution in [-0.2, 0) is 24.7 Å². The predicted octanol–water partition coefficient (Wildman–Crippen LogP) is 1.35. The summed E-state index contributed by atoms with van der Waals surface area (Å²) in [6, 6.07) is 9.16. The van der Waals surface area contributed by atoms with E-state index in [0.717, 1.165) is 4.90 Å². The first-order chi connectivity index (χ1) is 16.7. The molecule has 35 heavy (non-hydrogen) atoms. The van der Waals surface area contributed by atoms with Crippen LogP contribution >= 0.6 is 11.6 Å². The molecule has 0 bridgehead atoms. The van der Waals surface area contributed by atoms with Crippen LogP contribution < -0.4 is 10.6 Å². The number of nitrogens with one attached hydrogen (secondary N) is 2. The van der Waals surface area contributed by atoms with Crippen LogP contribution in [0.1, 0.15) is 17.2 Å². The van der Waals surface area contributed by atoms with Crippen molar-refractivity contribution in [2.75, 3.05) is 25.6 Å². The molecular formula is C23H21ClN4O7. The molecule has 182 valence electrons. The van der Waals surface area contributed by atoms with Gasteiger partial charge in [0.25, 0.3) is 5.69 Å². The van der Waals surface area contributed by atoms with Gasteiger partial charge in [-0.15, -0.1) is 0 Å². The molecule has 0 aliphatic carbocycles. The van der Waals surface area contributed by atoms with Gasteiger partial charge in [-0.1, -0.05) is 23.7 Å². The number of amides is 3. The third-order valence-electron chi connectivity index (χ3n) is 7.01. The van der Waals surface area contributed by atoms with Gasteiger partial charge in [0, 0.05) is 35.5 Å². The van der Waals surface area contributed by atoms with Crippen LogP contribution in [0.5, 0.6) is 0 Å². The monoisotopic (exact) mass is 500 g/mol. The van der Waals surface area contributed by atoms with Gasteiger partial charge in [-0.2, -0.15) is 0 Å². The maximum absolute atomic E-state index is 13.6. The van der Waals surface area contributed by atoms with Crippen molar-refractivity contribution in [1.82, 2.24) is 10.2 Å². The number of fused-ring (bicyclic) bond motifs is 4. The zero-order chi connectivity index (χ0) is 25.1. The second-order valence-electron chi connectivity index (χ2n) is 8.74. The molecule has 0 aromatic heterocycles. The normalized spacial score (nSPS) is 27.8. The molecular weight excluding hydrogens is 480 g/mol. The Morgan fingerprint density at radius 2 is 1.91 bits per heavy atom. The minimum atomic E-state index is -1.78. The van der Waals surface area contributed by atoms with Crippen LogP contribution in [0.25, 0.3) is 0 Å². The van der Waals surface area contributed by atoms with E-state index in [1.54, 1.807) is 24.3 Å². The fourth-order valence-electron chi connectivity index (χ4n) is 5.43. The summed E-state index contributed by atoms with van der Waals surface area (Å²) in [6.45, 7) is 0.0699. The Labute approximate surface area is 204 Å². The van der Waals surface area contributed by atoms with E-state index in [2.05, 4.69) is 10.6 Å². The van der Waals surface area contributed by atoms with Crippen LogP contribution in [0.15, 0.2) is 42.5 Å². The number of nitro groups is 1. The molecule has 2 aromatic carbocycles. The van der Waals surface area contributed by atoms with Crippen LogP contribution in [0.2, 0.25) is 5.02 Å². The maximum atomic E-state index is 13.6. The third-order valence-corrected chi connectivity index (χ3v) is 7.26. The summed E-state index contributed by atoms with van der Waals surface area (Å²) in [5, 5.41) is 29.0. The van der Waals surface area contributed by atoms with E-state index in [4.69, 9.17) is 16.3 Å². The quantitative estimate of drug-likeness (QED) is 0.305. The van der Waals surface area contributed by atoms with E-state index >= 15 is 0 Å². The van der Waals surface area contributed by atoms with Gasteiger partial charge in [0.2, 0.25) is 17.7 Å². The number of benzene rings is 2. The number of aliphatic hydroxyl groups is 1. The average Bonchev–Trinajstić information content (AvgIpc) is 3.42. The van der Waals surface area contributed by atoms with Gasteiger partial charge < -0.3 is 15.2 Å². The highest BCUT2D eigenvalue weighted by molar-refractivity contribution is 6.30. The molecule has 2 aromatic rings. The molecule has 11 nitrogen and oxygen atoms in total. The van der Waals surface area contributed by atoms with Gasteiger partial charge in [0.15, 0.2) is 0 Å². The number of carbonyl (C=O) groups excluding carboxylic acids is 3. The van der Waals surface area contributed by atoms with E-state index < -0.39 is 52.2 Å². The Morgan fingerprint density at radius 3 is 2.57 bits per heavy atom. The lowest BCUT2D eigenvalue weighted by atomic mass is 9.76. The number of imide groups is 1. The number of nitro benzene ring substituents is 1. The summed E-state index contributed by atoms with van der Waals surface area (Å²) in [4.78, 5) is 52.4. The second-order valence-corrected chi connectivity index (χ2v) is 9.18. The molecule has 3 amide bonds. The molecule has 0 saturated carbocycles. The number of anilines is 1. The largest absolute Gasteiger partial charge is 0.387 e. The molecule has 3 aliphatic heterocycles. The number of hydrogen-bond donors (Lipinski definition) is 3. The van der Waals surface area contributed by atoms with E-state index in [0.29, 0.717) is 16.3 Å². The second kappa shape index (κ2) is 8.38. The lowest BCUT2D eigenvalue weighted by molar-refractivity contribution is -0.384. The number of rotatable bonds is 6. The Bertz CT molecular complexity index is 1250.